The van der Waals surface area contributed by atoms with Gasteiger partial charge in [0, 0.05) is 16.9 Å². The van der Waals surface area contributed by atoms with Gasteiger partial charge in [0.1, 0.15) is 0 Å². The van der Waals surface area contributed by atoms with Crippen molar-refractivity contribution in [2.24, 2.45) is 5.73 Å². The molecule has 0 aliphatic rings. The first-order chi connectivity index (χ1) is 10.9. The van der Waals surface area contributed by atoms with E-state index in [0.29, 0.717) is 5.56 Å². The molecule has 0 fully saturated rings. The maximum absolute atomic E-state index is 12.1. The van der Waals surface area contributed by atoms with Crippen molar-refractivity contribution < 1.29 is 9.59 Å². The second kappa shape index (κ2) is 6.96. The first-order valence-corrected chi connectivity index (χ1v) is 7.38. The molecule has 0 heterocycles. The van der Waals surface area contributed by atoms with E-state index in [1.54, 1.807) is 24.3 Å². The summed E-state index contributed by atoms with van der Waals surface area (Å²) in [7, 11) is 0. The molecule has 0 radical (unpaired) electrons. The summed E-state index contributed by atoms with van der Waals surface area (Å²) in [5.41, 5.74) is 10.5. The number of primary amides is 1. The molecular weight excluding hydrogens is 290 g/mol. The van der Waals surface area contributed by atoms with Gasteiger partial charge < -0.3 is 16.4 Å². The Bertz CT molecular complexity index is 713. The predicted molar refractivity (Wildman–Crippen MR) is 92.7 cm³/mol. The van der Waals surface area contributed by atoms with Crippen LogP contribution >= 0.6 is 0 Å². The van der Waals surface area contributed by atoms with E-state index in [-0.39, 0.29) is 12.5 Å². The summed E-state index contributed by atoms with van der Waals surface area (Å²) >= 11 is 0. The third-order valence-electron chi connectivity index (χ3n) is 3.56. The largest absolute Gasteiger partial charge is 0.376 e. The van der Waals surface area contributed by atoms with Gasteiger partial charge in [0.05, 0.1) is 6.54 Å². The first kappa shape index (κ1) is 16.5. The van der Waals surface area contributed by atoms with Crippen molar-refractivity contribution in [1.29, 1.82) is 0 Å². The van der Waals surface area contributed by atoms with Gasteiger partial charge in [-0.25, -0.2) is 0 Å². The van der Waals surface area contributed by atoms with Gasteiger partial charge in [-0.3, -0.25) is 9.59 Å². The van der Waals surface area contributed by atoms with Crippen LogP contribution in [0.3, 0.4) is 0 Å². The Kier molecular flexibility index (Phi) is 5.01. The number of carbonyl (C=O) groups is 2. The van der Waals surface area contributed by atoms with E-state index in [1.165, 1.54) is 5.56 Å². The molecule has 120 valence electrons. The summed E-state index contributed by atoms with van der Waals surface area (Å²) in [6.45, 7) is 6.13. The summed E-state index contributed by atoms with van der Waals surface area (Å²) in [5, 5.41) is 5.95. The highest BCUT2D eigenvalue weighted by molar-refractivity contribution is 5.95. The summed E-state index contributed by atoms with van der Waals surface area (Å²) in [6.07, 6.45) is 0. The molecule has 2 rings (SSSR count). The normalized spacial score (nSPS) is 10.2. The molecule has 23 heavy (non-hydrogen) atoms. The molecule has 0 aromatic heterocycles. The van der Waals surface area contributed by atoms with Gasteiger partial charge in [0.15, 0.2) is 0 Å². The van der Waals surface area contributed by atoms with Crippen LogP contribution in [0.25, 0.3) is 0 Å². The Balaban J connectivity index is 1.96. The molecule has 0 aliphatic heterocycles. The van der Waals surface area contributed by atoms with E-state index in [9.17, 15) is 9.59 Å². The molecule has 2 aromatic rings. The molecule has 2 aromatic carbocycles. The molecule has 0 saturated heterocycles. The van der Waals surface area contributed by atoms with Gasteiger partial charge in [-0.05, 0) is 56.2 Å². The zero-order chi connectivity index (χ0) is 17.0. The molecule has 0 aliphatic carbocycles. The fraction of sp³-hybridized carbons (Fsp3) is 0.222. The van der Waals surface area contributed by atoms with Crippen LogP contribution in [0.15, 0.2) is 36.4 Å². The number of nitrogens with two attached hydrogens (primary N) is 1. The Hall–Kier alpha value is -2.82. The molecule has 0 atom stereocenters. The maximum atomic E-state index is 12.1. The lowest BCUT2D eigenvalue weighted by Crippen LogP contribution is -2.22. The lowest BCUT2D eigenvalue weighted by molar-refractivity contribution is -0.114. The number of benzene rings is 2. The zero-order valence-corrected chi connectivity index (χ0v) is 13.6. The van der Waals surface area contributed by atoms with E-state index in [1.807, 2.05) is 32.9 Å². The third kappa shape index (κ3) is 4.32. The lowest BCUT2D eigenvalue weighted by atomic mass is 10.1. The summed E-state index contributed by atoms with van der Waals surface area (Å²) < 4.78 is 0. The number of hydrogen-bond acceptors (Lipinski definition) is 3. The highest BCUT2D eigenvalue weighted by Crippen LogP contribution is 2.21. The summed E-state index contributed by atoms with van der Waals surface area (Å²) in [4.78, 5) is 23.1. The van der Waals surface area contributed by atoms with Crippen molar-refractivity contribution in [2.45, 2.75) is 20.8 Å². The monoisotopic (exact) mass is 311 g/mol. The smallest absolute Gasteiger partial charge is 0.248 e. The fourth-order valence-electron chi connectivity index (χ4n) is 2.50. The molecule has 0 bridgehead atoms. The van der Waals surface area contributed by atoms with Crippen LogP contribution in [0.2, 0.25) is 0 Å². The van der Waals surface area contributed by atoms with Crippen LogP contribution in [0.1, 0.15) is 27.0 Å². The zero-order valence-electron chi connectivity index (χ0n) is 13.6. The van der Waals surface area contributed by atoms with Crippen molar-refractivity contribution in [3.8, 4) is 0 Å². The van der Waals surface area contributed by atoms with Crippen molar-refractivity contribution in [3.05, 3.63) is 58.7 Å². The number of carbonyl (C=O) groups excluding carboxylic acids is 2. The van der Waals surface area contributed by atoms with Gasteiger partial charge in [-0.2, -0.15) is 0 Å². The van der Waals surface area contributed by atoms with Gasteiger partial charge in [-0.15, -0.1) is 0 Å². The predicted octanol–water partition coefficient (Wildman–Crippen LogP) is 2.76. The lowest BCUT2D eigenvalue weighted by Gasteiger charge is -2.13. The Labute approximate surface area is 135 Å². The van der Waals surface area contributed by atoms with Crippen LogP contribution in [0.5, 0.6) is 0 Å². The molecule has 4 N–H and O–H groups in total. The standard InChI is InChI=1S/C18H21N3O2/c1-11-8-12(2)17(13(3)9-11)21-16(22)10-20-15-6-4-14(5-7-15)18(19)23/h4-9,20H,10H2,1-3H3,(H2,19,23)(H,21,22). The molecule has 0 saturated carbocycles. The van der Waals surface area contributed by atoms with E-state index in [4.69, 9.17) is 5.73 Å². The van der Waals surface area contributed by atoms with Gasteiger partial charge in [-0.1, -0.05) is 17.7 Å². The van der Waals surface area contributed by atoms with E-state index in [0.717, 1.165) is 22.5 Å². The van der Waals surface area contributed by atoms with Crippen molar-refractivity contribution in [1.82, 2.24) is 0 Å². The second-order valence-corrected chi connectivity index (χ2v) is 5.62. The minimum Gasteiger partial charge on any atom is -0.376 e. The minimum absolute atomic E-state index is 0.126. The average Bonchev–Trinajstić information content (AvgIpc) is 2.49. The summed E-state index contributed by atoms with van der Waals surface area (Å²) in [6, 6.07) is 10.8. The molecule has 5 heteroatoms. The van der Waals surface area contributed by atoms with Crippen LogP contribution in [0.4, 0.5) is 11.4 Å². The van der Waals surface area contributed by atoms with Crippen molar-refractivity contribution in [2.75, 3.05) is 17.2 Å². The van der Waals surface area contributed by atoms with Crippen LogP contribution < -0.4 is 16.4 Å². The summed E-state index contributed by atoms with van der Waals surface area (Å²) in [5.74, 6) is -0.598. The van der Waals surface area contributed by atoms with Crippen LogP contribution in [-0.4, -0.2) is 18.4 Å². The first-order valence-electron chi connectivity index (χ1n) is 7.38. The Morgan fingerprint density at radius 3 is 2.09 bits per heavy atom. The molecule has 0 spiro atoms. The fourth-order valence-corrected chi connectivity index (χ4v) is 2.50. The SMILES string of the molecule is Cc1cc(C)c(NC(=O)CNc2ccc(C(N)=O)cc2)c(C)c1. The van der Waals surface area contributed by atoms with E-state index in [2.05, 4.69) is 10.6 Å². The molecular formula is C18H21N3O2. The molecule has 0 unspecified atom stereocenters. The quantitative estimate of drug-likeness (QED) is 0.794. The van der Waals surface area contributed by atoms with E-state index < -0.39 is 5.91 Å². The second-order valence-electron chi connectivity index (χ2n) is 5.62. The van der Waals surface area contributed by atoms with Crippen LogP contribution in [0, 0.1) is 20.8 Å². The maximum Gasteiger partial charge on any atom is 0.248 e. The van der Waals surface area contributed by atoms with Gasteiger partial charge >= 0.3 is 0 Å². The number of aryl methyl sites for hydroxylation is 3. The Morgan fingerprint density at radius 2 is 1.57 bits per heavy atom. The average molecular weight is 311 g/mol. The molecule has 2 amide bonds. The highest BCUT2D eigenvalue weighted by Gasteiger charge is 2.08. The van der Waals surface area contributed by atoms with Gasteiger partial charge in [0.25, 0.3) is 0 Å². The van der Waals surface area contributed by atoms with Crippen LogP contribution in [-0.2, 0) is 4.79 Å². The number of rotatable bonds is 5. The van der Waals surface area contributed by atoms with Crippen molar-refractivity contribution >= 4 is 23.2 Å². The van der Waals surface area contributed by atoms with Gasteiger partial charge in [0.2, 0.25) is 11.8 Å². The van der Waals surface area contributed by atoms with E-state index >= 15 is 0 Å². The topological polar surface area (TPSA) is 84.2 Å². The number of amides is 2. The number of nitrogens with one attached hydrogen (secondary N) is 2. The Morgan fingerprint density at radius 1 is 1.00 bits per heavy atom. The number of hydrogen-bond donors (Lipinski definition) is 3. The van der Waals surface area contributed by atoms with Crippen molar-refractivity contribution in [3.63, 3.8) is 0 Å². The number of anilines is 2. The third-order valence-corrected chi connectivity index (χ3v) is 3.56. The molecule has 5 nitrogen and oxygen atoms in total. The highest BCUT2D eigenvalue weighted by atomic mass is 16.2. The minimum atomic E-state index is -0.473.